The number of rotatable bonds is 5. The molecule has 0 unspecified atom stereocenters. The predicted molar refractivity (Wildman–Crippen MR) is 80.3 cm³/mol. The largest absolute Gasteiger partial charge is 0.446 e. The van der Waals surface area contributed by atoms with E-state index in [1.54, 1.807) is 24.3 Å². The SMILES string of the molecule is CN(Cc1ccc(SC(F)(F)F)cc1)CC1CCNCC1. The summed E-state index contributed by atoms with van der Waals surface area (Å²) in [7, 11) is 2.07. The Bertz CT molecular complexity index is 428. The molecule has 0 saturated carbocycles. The van der Waals surface area contributed by atoms with Gasteiger partial charge in [-0.3, -0.25) is 0 Å². The number of hydrogen-bond donors (Lipinski definition) is 1. The summed E-state index contributed by atoms with van der Waals surface area (Å²) >= 11 is -0.0637. The van der Waals surface area contributed by atoms with Gasteiger partial charge in [-0.25, -0.2) is 0 Å². The number of benzene rings is 1. The minimum Gasteiger partial charge on any atom is -0.317 e. The van der Waals surface area contributed by atoms with Gasteiger partial charge in [0, 0.05) is 18.0 Å². The van der Waals surface area contributed by atoms with Crippen LogP contribution in [0, 0.1) is 5.92 Å². The molecule has 1 aromatic carbocycles. The lowest BCUT2D eigenvalue weighted by atomic mass is 9.97. The van der Waals surface area contributed by atoms with Crippen LogP contribution in [0.25, 0.3) is 0 Å². The summed E-state index contributed by atoms with van der Waals surface area (Å²) in [5.74, 6) is 0.719. The molecule has 0 aliphatic carbocycles. The minimum atomic E-state index is -4.21. The highest BCUT2D eigenvalue weighted by Crippen LogP contribution is 2.36. The van der Waals surface area contributed by atoms with Crippen molar-refractivity contribution in [3.8, 4) is 0 Å². The van der Waals surface area contributed by atoms with Gasteiger partial charge in [0.1, 0.15) is 0 Å². The third-order valence-corrected chi connectivity index (χ3v) is 4.38. The third-order valence-electron chi connectivity index (χ3n) is 3.64. The van der Waals surface area contributed by atoms with Gasteiger partial charge in [0.25, 0.3) is 0 Å². The highest BCUT2D eigenvalue weighted by Gasteiger charge is 2.29. The number of alkyl halides is 3. The van der Waals surface area contributed by atoms with E-state index in [4.69, 9.17) is 0 Å². The molecule has 2 nitrogen and oxygen atoms in total. The van der Waals surface area contributed by atoms with Crippen molar-refractivity contribution >= 4 is 11.8 Å². The van der Waals surface area contributed by atoms with Gasteiger partial charge in [0.15, 0.2) is 0 Å². The molecule has 2 rings (SSSR count). The van der Waals surface area contributed by atoms with Crippen LogP contribution in [0.3, 0.4) is 0 Å². The number of hydrogen-bond acceptors (Lipinski definition) is 3. The third kappa shape index (κ3) is 6.28. The Kier molecular flexibility index (Phi) is 5.96. The molecule has 118 valence electrons. The maximum absolute atomic E-state index is 12.3. The van der Waals surface area contributed by atoms with Crippen LogP contribution in [-0.2, 0) is 6.54 Å². The Morgan fingerprint density at radius 1 is 1.19 bits per heavy atom. The summed E-state index contributed by atoms with van der Waals surface area (Å²) in [4.78, 5) is 2.49. The monoisotopic (exact) mass is 318 g/mol. The zero-order chi connectivity index (χ0) is 15.3. The first-order valence-electron chi connectivity index (χ1n) is 7.16. The van der Waals surface area contributed by atoms with Crippen molar-refractivity contribution in [2.45, 2.75) is 29.8 Å². The Labute approximate surface area is 128 Å². The average Bonchev–Trinajstić information content (AvgIpc) is 2.40. The van der Waals surface area contributed by atoms with Crippen molar-refractivity contribution in [1.82, 2.24) is 10.2 Å². The summed E-state index contributed by atoms with van der Waals surface area (Å²) in [5, 5.41) is 3.35. The topological polar surface area (TPSA) is 15.3 Å². The number of piperidine rings is 1. The Balaban J connectivity index is 1.81. The second-order valence-corrected chi connectivity index (χ2v) is 6.72. The zero-order valence-corrected chi connectivity index (χ0v) is 12.9. The average molecular weight is 318 g/mol. The van der Waals surface area contributed by atoms with E-state index in [1.165, 1.54) is 12.8 Å². The first-order chi connectivity index (χ1) is 9.92. The molecule has 1 saturated heterocycles. The van der Waals surface area contributed by atoms with Crippen LogP contribution in [0.4, 0.5) is 13.2 Å². The molecule has 0 bridgehead atoms. The molecular weight excluding hydrogens is 297 g/mol. The molecule has 1 heterocycles. The van der Waals surface area contributed by atoms with E-state index < -0.39 is 5.51 Å². The summed E-state index contributed by atoms with van der Waals surface area (Å²) in [5.41, 5.74) is -3.16. The maximum Gasteiger partial charge on any atom is 0.446 e. The number of thioether (sulfide) groups is 1. The molecule has 0 amide bonds. The van der Waals surface area contributed by atoms with Crippen LogP contribution >= 0.6 is 11.8 Å². The van der Waals surface area contributed by atoms with E-state index in [2.05, 4.69) is 17.3 Å². The molecule has 6 heteroatoms. The molecule has 1 N–H and O–H groups in total. The molecule has 0 radical (unpaired) electrons. The molecule has 1 aromatic rings. The molecule has 1 aliphatic heterocycles. The highest BCUT2D eigenvalue weighted by atomic mass is 32.2. The molecular formula is C15H21F3N2S. The van der Waals surface area contributed by atoms with Gasteiger partial charge in [-0.1, -0.05) is 12.1 Å². The second-order valence-electron chi connectivity index (χ2n) is 5.58. The van der Waals surface area contributed by atoms with Crippen molar-refractivity contribution in [1.29, 1.82) is 0 Å². The summed E-state index contributed by atoms with van der Waals surface area (Å²) in [6, 6.07) is 6.66. The molecule has 0 atom stereocenters. The molecule has 21 heavy (non-hydrogen) atoms. The van der Waals surface area contributed by atoms with Gasteiger partial charge in [0.2, 0.25) is 0 Å². The van der Waals surface area contributed by atoms with Crippen molar-refractivity contribution < 1.29 is 13.2 Å². The van der Waals surface area contributed by atoms with Crippen molar-refractivity contribution in [3.05, 3.63) is 29.8 Å². The Morgan fingerprint density at radius 3 is 2.38 bits per heavy atom. The lowest BCUT2D eigenvalue weighted by Gasteiger charge is -2.27. The minimum absolute atomic E-state index is 0.0637. The number of nitrogens with one attached hydrogen (secondary N) is 1. The van der Waals surface area contributed by atoms with Crippen LogP contribution in [0.1, 0.15) is 18.4 Å². The molecule has 1 fully saturated rings. The fourth-order valence-electron chi connectivity index (χ4n) is 2.68. The van der Waals surface area contributed by atoms with E-state index in [-0.39, 0.29) is 16.7 Å². The van der Waals surface area contributed by atoms with Gasteiger partial charge < -0.3 is 10.2 Å². The molecule has 1 aliphatic rings. The van der Waals surface area contributed by atoms with Crippen LogP contribution in [0.15, 0.2) is 29.2 Å². The fourth-order valence-corrected chi connectivity index (χ4v) is 3.22. The van der Waals surface area contributed by atoms with E-state index in [0.717, 1.165) is 37.7 Å². The zero-order valence-electron chi connectivity index (χ0n) is 12.1. The first-order valence-corrected chi connectivity index (χ1v) is 7.98. The molecule has 0 spiro atoms. The van der Waals surface area contributed by atoms with Gasteiger partial charge in [0.05, 0.1) is 0 Å². The first kappa shape index (κ1) is 16.6. The van der Waals surface area contributed by atoms with Crippen molar-refractivity contribution in [3.63, 3.8) is 0 Å². The van der Waals surface area contributed by atoms with E-state index in [0.29, 0.717) is 0 Å². The summed E-state index contributed by atoms with van der Waals surface area (Å²) in [6.07, 6.45) is 2.40. The highest BCUT2D eigenvalue weighted by molar-refractivity contribution is 8.00. The van der Waals surface area contributed by atoms with E-state index in [1.807, 2.05) is 0 Å². The smallest absolute Gasteiger partial charge is 0.317 e. The second kappa shape index (κ2) is 7.51. The number of nitrogens with zero attached hydrogens (tertiary/aromatic N) is 1. The fraction of sp³-hybridized carbons (Fsp3) is 0.600. The lowest BCUT2D eigenvalue weighted by molar-refractivity contribution is -0.0328. The summed E-state index contributed by atoms with van der Waals surface area (Å²) in [6.45, 7) is 3.99. The van der Waals surface area contributed by atoms with Crippen LogP contribution in [0.2, 0.25) is 0 Å². The van der Waals surface area contributed by atoms with Crippen LogP contribution < -0.4 is 5.32 Å². The van der Waals surface area contributed by atoms with Gasteiger partial charge in [-0.05, 0) is 68.4 Å². The van der Waals surface area contributed by atoms with Crippen LogP contribution in [0.5, 0.6) is 0 Å². The predicted octanol–water partition coefficient (Wildman–Crippen LogP) is 3.73. The van der Waals surface area contributed by atoms with Crippen LogP contribution in [-0.4, -0.2) is 37.1 Å². The normalized spacial score (nSPS) is 17.4. The van der Waals surface area contributed by atoms with E-state index >= 15 is 0 Å². The quantitative estimate of drug-likeness (QED) is 0.833. The Morgan fingerprint density at radius 2 is 1.81 bits per heavy atom. The number of halogens is 3. The summed E-state index contributed by atoms with van der Waals surface area (Å²) < 4.78 is 36.8. The molecule has 0 aromatic heterocycles. The lowest BCUT2D eigenvalue weighted by Crippen LogP contribution is -2.34. The van der Waals surface area contributed by atoms with Gasteiger partial charge in [-0.2, -0.15) is 13.2 Å². The van der Waals surface area contributed by atoms with Gasteiger partial charge in [-0.15, -0.1) is 0 Å². The van der Waals surface area contributed by atoms with Crippen molar-refractivity contribution in [2.24, 2.45) is 5.92 Å². The maximum atomic E-state index is 12.3. The Hall–Kier alpha value is -0.720. The van der Waals surface area contributed by atoms with Crippen molar-refractivity contribution in [2.75, 3.05) is 26.7 Å². The van der Waals surface area contributed by atoms with E-state index in [9.17, 15) is 13.2 Å². The standard InChI is InChI=1S/C15H21F3N2S/c1-20(11-13-6-8-19-9-7-13)10-12-2-4-14(5-3-12)21-15(16,17)18/h2-5,13,19H,6-11H2,1H3. The van der Waals surface area contributed by atoms with Gasteiger partial charge >= 0.3 is 5.51 Å².